The van der Waals surface area contributed by atoms with E-state index in [2.05, 4.69) is 0 Å². The zero-order valence-corrected chi connectivity index (χ0v) is 17.0. The lowest BCUT2D eigenvalue weighted by molar-refractivity contribution is -0.137. The SMILES string of the molecule is COc1ccc(N2C(=S)N(c3ccc(C#N)c(C(F)(F)F)c3)C(O)C2(C)C)cc1F. The summed E-state index contributed by atoms with van der Waals surface area (Å²) in [6, 6.07) is 8.67. The number of anilines is 2. The highest BCUT2D eigenvalue weighted by Crippen LogP contribution is 2.41. The fourth-order valence-corrected chi connectivity index (χ4v) is 3.94. The van der Waals surface area contributed by atoms with Gasteiger partial charge < -0.3 is 14.7 Å². The van der Waals surface area contributed by atoms with Gasteiger partial charge in [0.1, 0.15) is 0 Å². The summed E-state index contributed by atoms with van der Waals surface area (Å²) in [5, 5.41) is 19.9. The number of aliphatic hydroxyl groups excluding tert-OH is 1. The zero-order valence-electron chi connectivity index (χ0n) is 16.2. The van der Waals surface area contributed by atoms with Gasteiger partial charge in [-0.2, -0.15) is 18.4 Å². The number of nitrogens with zero attached hydrogens (tertiary/aromatic N) is 3. The molecule has 0 radical (unpaired) electrons. The lowest BCUT2D eigenvalue weighted by atomic mass is 10.0. The summed E-state index contributed by atoms with van der Waals surface area (Å²) in [6.07, 6.45) is -6.11. The highest BCUT2D eigenvalue weighted by molar-refractivity contribution is 7.80. The Hall–Kier alpha value is -2.90. The number of hydrogen-bond donors (Lipinski definition) is 1. The molecule has 2 aromatic carbocycles. The first-order valence-corrected chi connectivity index (χ1v) is 9.10. The summed E-state index contributed by atoms with van der Waals surface area (Å²) in [5.74, 6) is -0.639. The van der Waals surface area contributed by atoms with Gasteiger partial charge in [-0.25, -0.2) is 4.39 Å². The number of methoxy groups -OCH3 is 1. The van der Waals surface area contributed by atoms with Crippen molar-refractivity contribution in [3.8, 4) is 11.8 Å². The van der Waals surface area contributed by atoms with Gasteiger partial charge >= 0.3 is 6.18 Å². The quantitative estimate of drug-likeness (QED) is 0.564. The molecule has 0 saturated carbocycles. The number of hydrogen-bond acceptors (Lipinski definition) is 4. The van der Waals surface area contributed by atoms with Crippen molar-refractivity contribution in [3.05, 3.63) is 53.3 Å². The molecule has 1 aliphatic rings. The van der Waals surface area contributed by atoms with Gasteiger partial charge in [-0.1, -0.05) is 0 Å². The summed E-state index contributed by atoms with van der Waals surface area (Å²) in [7, 11) is 1.32. The third-order valence-electron chi connectivity index (χ3n) is 4.95. The van der Waals surface area contributed by atoms with E-state index in [-0.39, 0.29) is 16.5 Å². The van der Waals surface area contributed by atoms with Gasteiger partial charge in [-0.05, 0) is 56.4 Å². The number of nitriles is 1. The Morgan fingerprint density at radius 2 is 1.80 bits per heavy atom. The molecule has 10 heteroatoms. The molecular formula is C20H17F4N3O2S. The van der Waals surface area contributed by atoms with Crippen molar-refractivity contribution >= 4 is 28.7 Å². The van der Waals surface area contributed by atoms with E-state index >= 15 is 0 Å². The minimum Gasteiger partial charge on any atom is -0.494 e. The molecule has 30 heavy (non-hydrogen) atoms. The molecule has 1 heterocycles. The van der Waals surface area contributed by atoms with Gasteiger partial charge in [0.15, 0.2) is 22.9 Å². The van der Waals surface area contributed by atoms with Crippen LogP contribution >= 0.6 is 12.2 Å². The molecule has 0 amide bonds. The Labute approximate surface area is 175 Å². The van der Waals surface area contributed by atoms with Crippen LogP contribution < -0.4 is 14.5 Å². The van der Waals surface area contributed by atoms with Crippen molar-refractivity contribution in [2.75, 3.05) is 16.9 Å². The smallest absolute Gasteiger partial charge is 0.417 e. The average molecular weight is 439 g/mol. The van der Waals surface area contributed by atoms with Crippen LogP contribution in [-0.4, -0.2) is 29.1 Å². The van der Waals surface area contributed by atoms with Crippen molar-refractivity contribution in [2.24, 2.45) is 0 Å². The minimum atomic E-state index is -4.76. The van der Waals surface area contributed by atoms with Crippen LogP contribution in [0.2, 0.25) is 0 Å². The Balaban J connectivity index is 2.10. The molecule has 0 spiro atoms. The summed E-state index contributed by atoms with van der Waals surface area (Å²) >= 11 is 5.45. The third-order valence-corrected chi connectivity index (χ3v) is 5.33. The van der Waals surface area contributed by atoms with Crippen molar-refractivity contribution in [1.82, 2.24) is 0 Å². The maximum Gasteiger partial charge on any atom is 0.417 e. The van der Waals surface area contributed by atoms with Crippen LogP contribution in [0.5, 0.6) is 5.75 Å². The zero-order chi connectivity index (χ0) is 22.4. The number of rotatable bonds is 3. The predicted octanol–water partition coefficient (Wildman–Crippen LogP) is 4.43. The van der Waals surface area contributed by atoms with E-state index in [1.54, 1.807) is 13.8 Å². The topological polar surface area (TPSA) is 59.7 Å². The molecule has 1 aliphatic heterocycles. The molecule has 0 aromatic heterocycles. The second-order valence-corrected chi connectivity index (χ2v) is 7.54. The van der Waals surface area contributed by atoms with E-state index in [9.17, 15) is 22.7 Å². The lowest BCUT2D eigenvalue weighted by Gasteiger charge is -2.33. The Morgan fingerprint density at radius 3 is 2.33 bits per heavy atom. The normalized spacial score (nSPS) is 18.5. The third kappa shape index (κ3) is 3.44. The van der Waals surface area contributed by atoms with Crippen molar-refractivity contribution in [3.63, 3.8) is 0 Å². The number of halogens is 4. The molecule has 5 nitrogen and oxygen atoms in total. The Bertz CT molecular complexity index is 1050. The van der Waals surface area contributed by atoms with Gasteiger partial charge in [0.2, 0.25) is 0 Å². The molecule has 1 unspecified atom stereocenters. The molecule has 1 N–H and O–H groups in total. The summed E-state index contributed by atoms with van der Waals surface area (Å²) in [6.45, 7) is 3.25. The van der Waals surface area contributed by atoms with E-state index in [1.807, 2.05) is 0 Å². The molecule has 3 rings (SSSR count). The minimum absolute atomic E-state index is 0.0148. The Kier molecular flexibility index (Phi) is 5.39. The van der Waals surface area contributed by atoms with Crippen LogP contribution in [0.3, 0.4) is 0 Å². The van der Waals surface area contributed by atoms with Gasteiger partial charge in [0.05, 0.1) is 29.8 Å². The van der Waals surface area contributed by atoms with Gasteiger partial charge in [-0.15, -0.1) is 0 Å². The molecule has 2 aromatic rings. The first-order chi connectivity index (χ1) is 13.9. The highest BCUT2D eigenvalue weighted by Gasteiger charge is 2.50. The second kappa shape index (κ2) is 7.41. The fraction of sp³-hybridized carbons (Fsp3) is 0.300. The molecule has 0 bridgehead atoms. The van der Waals surface area contributed by atoms with Crippen LogP contribution in [0.1, 0.15) is 25.0 Å². The summed E-state index contributed by atoms with van der Waals surface area (Å²) < 4.78 is 59.3. The average Bonchev–Trinajstić information content (AvgIpc) is 2.85. The number of ether oxygens (including phenoxy) is 1. The summed E-state index contributed by atoms with van der Waals surface area (Å²) in [4.78, 5) is 2.61. The van der Waals surface area contributed by atoms with Crippen molar-refractivity contribution < 1.29 is 27.4 Å². The standard InChI is InChI=1S/C20H17F4N3O2S/c1-19(2)17(28)26(12-5-4-11(10-25)14(8-12)20(22,23)24)18(30)27(19)13-6-7-16(29-3)15(21)9-13/h4-9,17,28H,1-3H3. The van der Waals surface area contributed by atoms with Crippen LogP contribution in [0.25, 0.3) is 0 Å². The molecule has 1 saturated heterocycles. The van der Waals surface area contributed by atoms with Crippen LogP contribution in [0.4, 0.5) is 28.9 Å². The maximum atomic E-state index is 14.2. The van der Waals surface area contributed by atoms with Gasteiger partial charge in [-0.3, -0.25) is 4.90 Å². The fourth-order valence-electron chi connectivity index (χ4n) is 3.39. The lowest BCUT2D eigenvalue weighted by Crippen LogP contribution is -2.47. The van der Waals surface area contributed by atoms with Crippen molar-refractivity contribution in [2.45, 2.75) is 31.8 Å². The Morgan fingerprint density at radius 1 is 1.17 bits per heavy atom. The first kappa shape index (κ1) is 21.8. The summed E-state index contributed by atoms with van der Waals surface area (Å²) in [5.41, 5.74) is -2.52. The van der Waals surface area contributed by atoms with E-state index in [0.717, 1.165) is 17.0 Å². The molecule has 158 valence electrons. The molecular weight excluding hydrogens is 422 g/mol. The van der Waals surface area contributed by atoms with E-state index in [0.29, 0.717) is 5.69 Å². The van der Waals surface area contributed by atoms with Gasteiger partial charge in [0, 0.05) is 17.4 Å². The largest absolute Gasteiger partial charge is 0.494 e. The van der Waals surface area contributed by atoms with Crippen LogP contribution in [0, 0.1) is 17.1 Å². The number of thiocarbonyl (C=S) groups is 1. The number of aliphatic hydroxyl groups is 1. The van der Waals surface area contributed by atoms with Gasteiger partial charge in [0.25, 0.3) is 0 Å². The second-order valence-electron chi connectivity index (χ2n) is 7.17. The van der Waals surface area contributed by atoms with Crippen molar-refractivity contribution in [1.29, 1.82) is 5.26 Å². The first-order valence-electron chi connectivity index (χ1n) is 8.70. The van der Waals surface area contributed by atoms with Crippen LogP contribution in [0.15, 0.2) is 36.4 Å². The molecule has 0 aliphatic carbocycles. The molecule has 1 fully saturated rings. The van der Waals surface area contributed by atoms with E-state index in [4.69, 9.17) is 22.2 Å². The van der Waals surface area contributed by atoms with E-state index < -0.39 is 34.9 Å². The van der Waals surface area contributed by atoms with E-state index in [1.165, 1.54) is 42.3 Å². The maximum absolute atomic E-state index is 14.2. The highest BCUT2D eigenvalue weighted by atomic mass is 32.1. The monoisotopic (exact) mass is 439 g/mol. The number of alkyl halides is 3. The number of benzene rings is 2. The predicted molar refractivity (Wildman–Crippen MR) is 107 cm³/mol. The van der Waals surface area contributed by atoms with Crippen LogP contribution in [-0.2, 0) is 6.18 Å². The molecule has 1 atom stereocenters.